The SMILES string of the molecule is CC.CC.Cc1c(-c2ccn(C(C)C)n2)cn2c1C(N=C(N)C=NC(C)C)=N/C(=C1\NC=CN1C)N2. The lowest BCUT2D eigenvalue weighted by atomic mass is 10.1. The van der Waals surface area contributed by atoms with Gasteiger partial charge in [-0.3, -0.25) is 19.8 Å². The van der Waals surface area contributed by atoms with Crippen molar-refractivity contribution >= 4 is 17.9 Å². The van der Waals surface area contributed by atoms with Gasteiger partial charge in [-0.2, -0.15) is 5.10 Å². The first-order valence-corrected chi connectivity index (χ1v) is 12.7. The minimum atomic E-state index is 0.132. The van der Waals surface area contributed by atoms with Crippen molar-refractivity contribution in [1.82, 2.24) is 24.7 Å². The van der Waals surface area contributed by atoms with E-state index >= 15 is 0 Å². The summed E-state index contributed by atoms with van der Waals surface area (Å²) in [5.41, 5.74) is 13.3. The second-order valence-corrected chi connectivity index (χ2v) is 8.39. The lowest BCUT2D eigenvalue weighted by molar-refractivity contribution is 0.534. The molecule has 0 aromatic carbocycles. The standard InChI is InChI=1S/C22H30N10.2C2H6/c1-13(2)25-11-18(23)26-20-19-15(5)16(17-7-9-31(28-17)14(3)4)12-32(19)29-21(27-20)22-24-8-10-30(22)6;2*1-2/h7-14,24,29H,1-6H3,(H2,23,26,27);2*1-2H3/b22-21-,25-11?;;. The van der Waals surface area contributed by atoms with Crippen LogP contribution in [0.15, 0.2) is 57.5 Å². The van der Waals surface area contributed by atoms with Crippen molar-refractivity contribution < 1.29 is 0 Å². The van der Waals surface area contributed by atoms with Crippen molar-refractivity contribution in [3.8, 4) is 11.3 Å². The summed E-state index contributed by atoms with van der Waals surface area (Å²) in [4.78, 5) is 15.7. The van der Waals surface area contributed by atoms with Crippen LogP contribution < -0.4 is 16.5 Å². The molecule has 2 aromatic heterocycles. The van der Waals surface area contributed by atoms with Gasteiger partial charge in [0.1, 0.15) is 11.5 Å². The molecule has 2 aliphatic rings. The van der Waals surface area contributed by atoms with Crippen LogP contribution in [-0.2, 0) is 0 Å². The molecular formula is C26H42N10. The summed E-state index contributed by atoms with van der Waals surface area (Å²) in [6.45, 7) is 18.2. The molecule has 2 aromatic rings. The summed E-state index contributed by atoms with van der Waals surface area (Å²) in [6, 6.07) is 2.44. The topological polar surface area (TPSA) is 113 Å². The fourth-order valence-corrected chi connectivity index (χ4v) is 3.49. The van der Waals surface area contributed by atoms with E-state index in [4.69, 9.17) is 15.8 Å². The van der Waals surface area contributed by atoms with Gasteiger partial charge in [0.15, 0.2) is 17.5 Å². The number of fused-ring (bicyclic) bond motifs is 1. The van der Waals surface area contributed by atoms with Crippen LogP contribution >= 0.6 is 0 Å². The lowest BCUT2D eigenvalue weighted by Gasteiger charge is -2.22. The average Bonchev–Trinajstić information content (AvgIpc) is 3.59. The molecule has 0 unspecified atom stereocenters. The Morgan fingerprint density at radius 1 is 1.14 bits per heavy atom. The Balaban J connectivity index is 0.00000109. The molecule has 0 aliphatic carbocycles. The highest BCUT2D eigenvalue weighted by atomic mass is 15.5. The van der Waals surface area contributed by atoms with E-state index in [0.717, 1.165) is 28.3 Å². The van der Waals surface area contributed by atoms with E-state index in [1.807, 2.05) is 101 Å². The third-order valence-electron chi connectivity index (χ3n) is 5.16. The largest absolute Gasteiger partial charge is 0.382 e. The van der Waals surface area contributed by atoms with E-state index < -0.39 is 0 Å². The predicted octanol–water partition coefficient (Wildman–Crippen LogP) is 4.57. The molecule has 0 atom stereocenters. The van der Waals surface area contributed by atoms with Crippen molar-refractivity contribution in [2.75, 3.05) is 12.5 Å². The molecule has 4 rings (SSSR count). The zero-order valence-electron chi connectivity index (χ0n) is 23.3. The van der Waals surface area contributed by atoms with Gasteiger partial charge in [-0.15, -0.1) is 0 Å². The van der Waals surface area contributed by atoms with Crippen LogP contribution in [0.4, 0.5) is 0 Å². The fourth-order valence-electron chi connectivity index (χ4n) is 3.49. The predicted molar refractivity (Wildman–Crippen MR) is 152 cm³/mol. The molecule has 0 radical (unpaired) electrons. The van der Waals surface area contributed by atoms with Crippen LogP contribution in [0.3, 0.4) is 0 Å². The van der Waals surface area contributed by atoms with Crippen LogP contribution in [0.25, 0.3) is 11.3 Å². The van der Waals surface area contributed by atoms with Crippen LogP contribution in [0.1, 0.15) is 72.7 Å². The third-order valence-corrected chi connectivity index (χ3v) is 5.16. The van der Waals surface area contributed by atoms with Crippen molar-refractivity contribution in [3.05, 3.63) is 53.8 Å². The minimum Gasteiger partial charge on any atom is -0.382 e. The summed E-state index contributed by atoms with van der Waals surface area (Å²) in [5.74, 6) is 2.25. The van der Waals surface area contributed by atoms with Gasteiger partial charge in [-0.25, -0.2) is 9.98 Å². The molecule has 10 heteroatoms. The van der Waals surface area contributed by atoms with Crippen molar-refractivity contribution in [2.24, 2.45) is 20.7 Å². The van der Waals surface area contributed by atoms with Crippen LogP contribution in [-0.4, -0.2) is 50.3 Å². The number of hydrogen-bond acceptors (Lipinski definition) is 7. The van der Waals surface area contributed by atoms with Gasteiger partial charge in [-0.1, -0.05) is 27.7 Å². The number of rotatable bonds is 4. The molecule has 36 heavy (non-hydrogen) atoms. The Kier molecular flexibility index (Phi) is 10.1. The van der Waals surface area contributed by atoms with Crippen LogP contribution in [0, 0.1) is 6.92 Å². The van der Waals surface area contributed by atoms with Gasteiger partial charge < -0.3 is 16.0 Å². The molecule has 0 saturated carbocycles. The summed E-state index contributed by atoms with van der Waals surface area (Å²) < 4.78 is 3.87. The molecule has 4 N–H and O–H groups in total. The van der Waals surface area contributed by atoms with Gasteiger partial charge in [0.2, 0.25) is 0 Å². The third kappa shape index (κ3) is 6.24. The molecule has 196 valence electrons. The smallest absolute Gasteiger partial charge is 0.189 e. The maximum absolute atomic E-state index is 6.16. The Hall–Kier alpha value is -3.82. The number of nitrogens with two attached hydrogens (primary N) is 1. The van der Waals surface area contributed by atoms with Gasteiger partial charge >= 0.3 is 0 Å². The van der Waals surface area contributed by atoms with Crippen molar-refractivity contribution in [2.45, 2.75) is 74.4 Å². The van der Waals surface area contributed by atoms with Crippen LogP contribution in [0.2, 0.25) is 0 Å². The highest BCUT2D eigenvalue weighted by Gasteiger charge is 2.26. The molecule has 0 fully saturated rings. The molecule has 10 nitrogen and oxygen atoms in total. The zero-order chi connectivity index (χ0) is 27.0. The molecular weight excluding hydrogens is 452 g/mol. The maximum Gasteiger partial charge on any atom is 0.189 e. The lowest BCUT2D eigenvalue weighted by Crippen LogP contribution is -2.30. The fraction of sp³-hybridized carbons (Fsp3) is 0.462. The first-order valence-electron chi connectivity index (χ1n) is 12.7. The molecule has 0 bridgehead atoms. The van der Waals surface area contributed by atoms with Gasteiger partial charge in [0.05, 0.1) is 11.9 Å². The quantitative estimate of drug-likeness (QED) is 0.426. The summed E-state index contributed by atoms with van der Waals surface area (Å²) >= 11 is 0. The highest BCUT2D eigenvalue weighted by molar-refractivity contribution is 6.32. The number of nitrogens with one attached hydrogen (secondary N) is 2. The molecule has 2 aliphatic heterocycles. The number of hydrogen-bond donors (Lipinski definition) is 3. The minimum absolute atomic E-state index is 0.132. The molecule has 0 amide bonds. The number of aromatic nitrogens is 3. The highest BCUT2D eigenvalue weighted by Crippen LogP contribution is 2.30. The maximum atomic E-state index is 6.16. The van der Waals surface area contributed by atoms with E-state index in [-0.39, 0.29) is 12.1 Å². The Morgan fingerprint density at radius 2 is 1.83 bits per heavy atom. The number of amidine groups is 2. The zero-order valence-corrected chi connectivity index (χ0v) is 23.3. The Labute approximate surface area is 215 Å². The van der Waals surface area contributed by atoms with Crippen LogP contribution in [0.5, 0.6) is 0 Å². The van der Waals surface area contributed by atoms with E-state index in [1.165, 1.54) is 0 Å². The number of aliphatic imine (C=N–C) groups is 3. The molecule has 4 heterocycles. The Bertz CT molecular complexity index is 1170. The normalized spacial score (nSPS) is 16.8. The second kappa shape index (κ2) is 12.8. The first-order chi connectivity index (χ1) is 17.2. The molecule has 0 saturated heterocycles. The van der Waals surface area contributed by atoms with Crippen molar-refractivity contribution in [3.63, 3.8) is 0 Å². The van der Waals surface area contributed by atoms with Gasteiger partial charge in [-0.05, 0) is 46.2 Å². The summed E-state index contributed by atoms with van der Waals surface area (Å²) in [6.07, 6.45) is 9.37. The van der Waals surface area contributed by atoms with E-state index in [2.05, 4.69) is 34.6 Å². The number of nitrogens with zero attached hydrogens (tertiary/aromatic N) is 7. The summed E-state index contributed by atoms with van der Waals surface area (Å²) in [7, 11) is 1.95. The first kappa shape index (κ1) is 28.4. The van der Waals surface area contributed by atoms with Gasteiger partial charge in [0.25, 0.3) is 0 Å². The second-order valence-electron chi connectivity index (χ2n) is 8.39. The van der Waals surface area contributed by atoms with Gasteiger partial charge in [0, 0.05) is 49.5 Å². The molecule has 0 spiro atoms. The monoisotopic (exact) mass is 494 g/mol. The van der Waals surface area contributed by atoms with E-state index in [9.17, 15) is 0 Å². The summed E-state index contributed by atoms with van der Waals surface area (Å²) in [5, 5.41) is 7.95. The van der Waals surface area contributed by atoms with E-state index in [1.54, 1.807) is 6.21 Å². The van der Waals surface area contributed by atoms with Crippen molar-refractivity contribution in [1.29, 1.82) is 0 Å². The average molecular weight is 495 g/mol. The van der Waals surface area contributed by atoms with E-state index in [0.29, 0.717) is 17.5 Å². The Morgan fingerprint density at radius 3 is 2.39 bits per heavy atom.